The smallest absolute Gasteiger partial charge is 0.272 e. The van der Waals surface area contributed by atoms with Gasteiger partial charge in [0.2, 0.25) is 5.91 Å². The van der Waals surface area contributed by atoms with Crippen molar-refractivity contribution in [2.45, 2.75) is 20.8 Å². The van der Waals surface area contributed by atoms with E-state index in [2.05, 4.69) is 10.6 Å². The highest BCUT2D eigenvalue weighted by Gasteiger charge is 2.22. The minimum atomic E-state index is -0.536. The van der Waals surface area contributed by atoms with E-state index in [0.717, 1.165) is 10.9 Å². The van der Waals surface area contributed by atoms with Gasteiger partial charge in [0.1, 0.15) is 5.69 Å². The first-order valence-electron chi connectivity index (χ1n) is 8.74. The SMILES string of the molecule is Cn1c(C(=O)Nc2ccc(NC(=O)C(C)(C)C)c(Cl)c2)cc2c(Cl)cccc21. The summed E-state index contributed by atoms with van der Waals surface area (Å²) in [5, 5.41) is 7.37. The summed E-state index contributed by atoms with van der Waals surface area (Å²) in [5.74, 6) is -0.420. The number of carbonyl (C=O) groups is 2. The Labute approximate surface area is 173 Å². The molecular formula is C21H21Cl2N3O2. The first-order valence-corrected chi connectivity index (χ1v) is 9.50. The van der Waals surface area contributed by atoms with E-state index in [1.54, 1.807) is 34.9 Å². The molecule has 2 amide bonds. The number of hydrogen-bond donors (Lipinski definition) is 2. The molecule has 0 bridgehead atoms. The number of nitrogens with zero attached hydrogens (tertiary/aromatic N) is 1. The molecule has 0 saturated heterocycles. The molecule has 3 rings (SSSR count). The Kier molecular flexibility index (Phi) is 5.41. The highest BCUT2D eigenvalue weighted by atomic mass is 35.5. The number of nitrogens with one attached hydrogen (secondary N) is 2. The number of hydrogen-bond acceptors (Lipinski definition) is 2. The van der Waals surface area contributed by atoms with Crippen molar-refractivity contribution in [3.63, 3.8) is 0 Å². The molecule has 0 aliphatic rings. The van der Waals surface area contributed by atoms with E-state index in [1.165, 1.54) is 0 Å². The maximum atomic E-state index is 12.7. The Hall–Kier alpha value is -2.50. The van der Waals surface area contributed by atoms with Gasteiger partial charge in [-0.05, 0) is 36.4 Å². The lowest BCUT2D eigenvalue weighted by Crippen LogP contribution is -2.27. The lowest BCUT2D eigenvalue weighted by atomic mass is 9.95. The van der Waals surface area contributed by atoms with Crippen LogP contribution in [-0.2, 0) is 11.8 Å². The second-order valence-corrected chi connectivity index (χ2v) is 8.43. The Bertz CT molecular complexity index is 1080. The van der Waals surface area contributed by atoms with Crippen LogP contribution in [0.2, 0.25) is 10.0 Å². The third-order valence-electron chi connectivity index (χ3n) is 4.42. The van der Waals surface area contributed by atoms with E-state index in [0.29, 0.717) is 27.1 Å². The van der Waals surface area contributed by atoms with Crippen molar-refractivity contribution in [3.05, 3.63) is 58.2 Å². The Balaban J connectivity index is 1.82. The van der Waals surface area contributed by atoms with Crippen molar-refractivity contribution < 1.29 is 9.59 Å². The fraction of sp³-hybridized carbons (Fsp3) is 0.238. The molecule has 5 nitrogen and oxygen atoms in total. The number of halogens is 2. The molecule has 0 atom stereocenters. The minimum absolute atomic E-state index is 0.140. The van der Waals surface area contributed by atoms with Crippen LogP contribution in [0.3, 0.4) is 0 Å². The van der Waals surface area contributed by atoms with Crippen molar-refractivity contribution in [3.8, 4) is 0 Å². The molecular weight excluding hydrogens is 397 g/mol. The van der Waals surface area contributed by atoms with Crippen LogP contribution in [0.1, 0.15) is 31.3 Å². The number of rotatable bonds is 3. The van der Waals surface area contributed by atoms with Gasteiger partial charge in [0.15, 0.2) is 0 Å². The number of amides is 2. The molecule has 0 aliphatic heterocycles. The molecule has 7 heteroatoms. The zero-order chi connectivity index (χ0) is 20.6. The lowest BCUT2D eigenvalue weighted by molar-refractivity contribution is -0.123. The van der Waals surface area contributed by atoms with Gasteiger partial charge in [0.05, 0.1) is 10.7 Å². The van der Waals surface area contributed by atoms with Gasteiger partial charge in [-0.15, -0.1) is 0 Å². The standard InChI is InChI=1S/C21H21Cl2N3O2/c1-21(2,3)20(28)25-16-9-8-12(10-15(16)23)24-19(27)18-11-13-14(22)6-5-7-17(13)26(18)4/h5-11H,1-4H3,(H,24,27)(H,25,28). The molecule has 0 unspecified atom stereocenters. The predicted molar refractivity (Wildman–Crippen MR) is 115 cm³/mol. The van der Waals surface area contributed by atoms with Crippen LogP contribution in [0, 0.1) is 5.41 Å². The van der Waals surface area contributed by atoms with E-state index in [4.69, 9.17) is 23.2 Å². The van der Waals surface area contributed by atoms with Crippen LogP contribution in [0.15, 0.2) is 42.5 Å². The molecule has 0 aliphatic carbocycles. The fourth-order valence-electron chi connectivity index (χ4n) is 2.74. The molecule has 2 aromatic carbocycles. The number of carbonyl (C=O) groups excluding carboxylic acids is 2. The molecule has 1 heterocycles. The number of benzene rings is 2. The van der Waals surface area contributed by atoms with E-state index >= 15 is 0 Å². The van der Waals surface area contributed by atoms with Crippen molar-refractivity contribution in [2.75, 3.05) is 10.6 Å². The van der Waals surface area contributed by atoms with E-state index in [9.17, 15) is 9.59 Å². The van der Waals surface area contributed by atoms with Crippen LogP contribution < -0.4 is 10.6 Å². The summed E-state index contributed by atoms with van der Waals surface area (Å²) in [6.07, 6.45) is 0. The molecule has 1 aromatic heterocycles. The number of fused-ring (bicyclic) bond motifs is 1. The van der Waals surface area contributed by atoms with Crippen molar-refractivity contribution in [1.82, 2.24) is 4.57 Å². The van der Waals surface area contributed by atoms with Crippen LogP contribution in [0.4, 0.5) is 11.4 Å². The maximum Gasteiger partial charge on any atom is 0.272 e. The second-order valence-electron chi connectivity index (χ2n) is 7.61. The molecule has 28 heavy (non-hydrogen) atoms. The summed E-state index contributed by atoms with van der Waals surface area (Å²) in [6, 6.07) is 12.3. The first kappa shape index (κ1) is 20.2. The average Bonchev–Trinajstić information content (AvgIpc) is 2.95. The molecule has 0 saturated carbocycles. The van der Waals surface area contributed by atoms with E-state index < -0.39 is 5.41 Å². The summed E-state index contributed by atoms with van der Waals surface area (Å²) in [5.41, 5.74) is 1.84. The molecule has 3 aromatic rings. The van der Waals surface area contributed by atoms with Crippen LogP contribution >= 0.6 is 23.2 Å². The highest BCUT2D eigenvalue weighted by Crippen LogP contribution is 2.29. The molecule has 0 fully saturated rings. The molecule has 2 N–H and O–H groups in total. The van der Waals surface area contributed by atoms with Crippen LogP contribution in [0.5, 0.6) is 0 Å². The maximum absolute atomic E-state index is 12.7. The summed E-state index contributed by atoms with van der Waals surface area (Å²) < 4.78 is 1.79. The van der Waals surface area contributed by atoms with Crippen molar-refractivity contribution >= 4 is 57.3 Å². The third kappa shape index (κ3) is 4.01. The van der Waals surface area contributed by atoms with Gasteiger partial charge >= 0.3 is 0 Å². The number of anilines is 2. The number of aromatic nitrogens is 1. The van der Waals surface area contributed by atoms with Crippen LogP contribution in [0.25, 0.3) is 10.9 Å². The topological polar surface area (TPSA) is 63.1 Å². The van der Waals surface area contributed by atoms with Gasteiger partial charge in [-0.25, -0.2) is 0 Å². The number of aryl methyl sites for hydroxylation is 1. The molecule has 0 spiro atoms. The van der Waals surface area contributed by atoms with Gasteiger partial charge in [0, 0.05) is 34.1 Å². The van der Waals surface area contributed by atoms with Crippen LogP contribution in [-0.4, -0.2) is 16.4 Å². The molecule has 146 valence electrons. The fourth-order valence-corrected chi connectivity index (χ4v) is 3.19. The zero-order valence-electron chi connectivity index (χ0n) is 16.1. The third-order valence-corrected chi connectivity index (χ3v) is 5.06. The first-order chi connectivity index (χ1) is 13.1. The summed E-state index contributed by atoms with van der Waals surface area (Å²) >= 11 is 12.5. The van der Waals surface area contributed by atoms with E-state index in [-0.39, 0.29) is 11.8 Å². The summed E-state index contributed by atoms with van der Waals surface area (Å²) in [4.78, 5) is 24.9. The van der Waals surface area contributed by atoms with Gasteiger partial charge < -0.3 is 15.2 Å². The van der Waals surface area contributed by atoms with Gasteiger partial charge in [-0.1, -0.05) is 50.0 Å². The highest BCUT2D eigenvalue weighted by molar-refractivity contribution is 6.35. The minimum Gasteiger partial charge on any atom is -0.340 e. The Morgan fingerprint density at radius 1 is 0.964 bits per heavy atom. The average molecular weight is 418 g/mol. The van der Waals surface area contributed by atoms with Gasteiger partial charge in [0.25, 0.3) is 5.91 Å². The Morgan fingerprint density at radius 2 is 1.68 bits per heavy atom. The largest absolute Gasteiger partial charge is 0.340 e. The normalized spacial score (nSPS) is 11.5. The predicted octanol–water partition coefficient (Wildman–Crippen LogP) is 5.72. The van der Waals surface area contributed by atoms with Gasteiger partial charge in [-0.3, -0.25) is 9.59 Å². The summed E-state index contributed by atoms with van der Waals surface area (Å²) in [7, 11) is 1.81. The summed E-state index contributed by atoms with van der Waals surface area (Å²) in [6.45, 7) is 5.46. The Morgan fingerprint density at radius 3 is 2.29 bits per heavy atom. The second kappa shape index (κ2) is 7.49. The zero-order valence-corrected chi connectivity index (χ0v) is 17.6. The van der Waals surface area contributed by atoms with E-state index in [1.807, 2.05) is 40.0 Å². The van der Waals surface area contributed by atoms with Crippen molar-refractivity contribution in [1.29, 1.82) is 0 Å². The monoisotopic (exact) mass is 417 g/mol. The molecule has 0 radical (unpaired) electrons. The van der Waals surface area contributed by atoms with Crippen molar-refractivity contribution in [2.24, 2.45) is 12.5 Å². The quantitative estimate of drug-likeness (QED) is 0.571. The lowest BCUT2D eigenvalue weighted by Gasteiger charge is -2.18. The van der Waals surface area contributed by atoms with Gasteiger partial charge in [-0.2, -0.15) is 0 Å².